The number of hydrogen-bond donors (Lipinski definition) is 2. The minimum Gasteiger partial charge on any atom is -0.324 e. The third kappa shape index (κ3) is 5.40. The molecular formula is C12H20N2O3S2. The molecule has 0 fully saturated rings. The molecule has 19 heavy (non-hydrogen) atoms. The number of rotatable bonds is 7. The van der Waals surface area contributed by atoms with Crippen molar-refractivity contribution in [2.24, 2.45) is 5.73 Å². The molecule has 0 aliphatic rings. The Kier molecular flexibility index (Phi) is 6.12. The third-order valence-electron chi connectivity index (χ3n) is 2.59. The van der Waals surface area contributed by atoms with Crippen molar-refractivity contribution < 1.29 is 12.6 Å². The smallest absolute Gasteiger partial charge is 0.240 e. The fraction of sp³-hybridized carbons (Fsp3) is 0.500. The Bertz CT molecular complexity index is 542. The summed E-state index contributed by atoms with van der Waals surface area (Å²) in [5, 5.41) is 0. The maximum atomic E-state index is 12.0. The van der Waals surface area contributed by atoms with Gasteiger partial charge in [-0.3, -0.25) is 4.21 Å². The molecule has 0 saturated heterocycles. The molecule has 0 spiro atoms. The van der Waals surface area contributed by atoms with E-state index < -0.39 is 20.8 Å². The first kappa shape index (κ1) is 16.3. The van der Waals surface area contributed by atoms with Crippen LogP contribution < -0.4 is 10.5 Å². The molecule has 2 atom stereocenters. The van der Waals surface area contributed by atoms with Crippen molar-refractivity contribution in [2.45, 2.75) is 24.3 Å². The van der Waals surface area contributed by atoms with E-state index in [0.717, 1.165) is 5.56 Å². The number of hydrogen-bond acceptors (Lipinski definition) is 4. The number of benzene rings is 1. The molecule has 1 aromatic carbocycles. The second kappa shape index (κ2) is 7.14. The molecule has 0 radical (unpaired) electrons. The van der Waals surface area contributed by atoms with Crippen molar-refractivity contribution in [3.05, 3.63) is 29.8 Å². The maximum Gasteiger partial charge on any atom is 0.240 e. The lowest BCUT2D eigenvalue weighted by atomic mass is 10.1. The van der Waals surface area contributed by atoms with E-state index in [4.69, 9.17) is 5.73 Å². The van der Waals surface area contributed by atoms with E-state index in [1.54, 1.807) is 31.4 Å². The van der Waals surface area contributed by atoms with Crippen LogP contribution in [0.2, 0.25) is 0 Å². The van der Waals surface area contributed by atoms with Gasteiger partial charge in [-0.05, 0) is 31.0 Å². The molecule has 0 aliphatic heterocycles. The second-order valence-electron chi connectivity index (χ2n) is 4.39. The first-order chi connectivity index (χ1) is 8.83. The van der Waals surface area contributed by atoms with E-state index >= 15 is 0 Å². The highest BCUT2D eigenvalue weighted by Crippen LogP contribution is 2.15. The number of nitrogens with two attached hydrogens (primary N) is 1. The molecule has 5 nitrogen and oxygen atoms in total. The van der Waals surface area contributed by atoms with Crippen LogP contribution in [0.1, 0.15) is 24.9 Å². The van der Waals surface area contributed by atoms with E-state index in [-0.39, 0.29) is 17.5 Å². The fourth-order valence-electron chi connectivity index (χ4n) is 1.53. The summed E-state index contributed by atoms with van der Waals surface area (Å²) in [6.07, 6.45) is 2.15. The first-order valence-corrected chi connectivity index (χ1v) is 9.19. The van der Waals surface area contributed by atoms with Gasteiger partial charge in [0.15, 0.2) is 0 Å². The Morgan fingerprint density at radius 2 is 2.11 bits per heavy atom. The van der Waals surface area contributed by atoms with Crippen molar-refractivity contribution in [3.63, 3.8) is 0 Å². The van der Waals surface area contributed by atoms with E-state index in [1.807, 2.05) is 0 Å². The van der Waals surface area contributed by atoms with Crippen LogP contribution >= 0.6 is 0 Å². The third-order valence-corrected chi connectivity index (χ3v) is 4.92. The van der Waals surface area contributed by atoms with E-state index in [2.05, 4.69) is 4.72 Å². The van der Waals surface area contributed by atoms with Crippen molar-refractivity contribution in [3.8, 4) is 0 Å². The van der Waals surface area contributed by atoms with Gasteiger partial charge in [0, 0.05) is 35.4 Å². The average Bonchev–Trinajstić information content (AvgIpc) is 2.34. The van der Waals surface area contributed by atoms with Gasteiger partial charge in [-0.1, -0.05) is 12.1 Å². The molecule has 0 heterocycles. The summed E-state index contributed by atoms with van der Waals surface area (Å²) >= 11 is 0. The van der Waals surface area contributed by atoms with Crippen molar-refractivity contribution in [1.29, 1.82) is 0 Å². The Hall–Kier alpha value is -0.760. The van der Waals surface area contributed by atoms with Gasteiger partial charge in [-0.15, -0.1) is 0 Å². The summed E-state index contributed by atoms with van der Waals surface area (Å²) in [6, 6.07) is 6.37. The lowest BCUT2D eigenvalue weighted by Gasteiger charge is -2.10. The zero-order chi connectivity index (χ0) is 14.5. The summed E-state index contributed by atoms with van der Waals surface area (Å²) in [7, 11) is -4.42. The quantitative estimate of drug-likeness (QED) is 0.728. The Morgan fingerprint density at radius 1 is 1.42 bits per heavy atom. The Balaban J connectivity index is 2.72. The van der Waals surface area contributed by atoms with Gasteiger partial charge in [0.1, 0.15) is 0 Å². The minimum atomic E-state index is -3.52. The largest absolute Gasteiger partial charge is 0.324 e. The molecular weight excluding hydrogens is 284 g/mol. The van der Waals surface area contributed by atoms with Crippen molar-refractivity contribution in [1.82, 2.24) is 4.72 Å². The van der Waals surface area contributed by atoms with Gasteiger partial charge in [0.05, 0.1) is 4.90 Å². The minimum absolute atomic E-state index is 0.208. The lowest BCUT2D eigenvalue weighted by Crippen LogP contribution is -2.26. The zero-order valence-corrected chi connectivity index (χ0v) is 12.8. The predicted octanol–water partition coefficient (Wildman–Crippen LogP) is 0.753. The molecule has 0 aromatic heterocycles. The van der Waals surface area contributed by atoms with Crippen LogP contribution in [0.4, 0.5) is 0 Å². The van der Waals surface area contributed by atoms with E-state index in [0.29, 0.717) is 12.2 Å². The lowest BCUT2D eigenvalue weighted by molar-refractivity contribution is 0.580. The number of nitrogens with one attached hydrogen (secondary N) is 1. The predicted molar refractivity (Wildman–Crippen MR) is 77.8 cm³/mol. The van der Waals surface area contributed by atoms with Gasteiger partial charge < -0.3 is 5.73 Å². The summed E-state index contributed by atoms with van der Waals surface area (Å²) < 4.78 is 37.4. The maximum absolute atomic E-state index is 12.0. The Labute approximate surface area is 117 Å². The summed E-state index contributed by atoms with van der Waals surface area (Å²) in [4.78, 5) is 0.208. The van der Waals surface area contributed by atoms with Gasteiger partial charge in [-0.2, -0.15) is 0 Å². The molecule has 0 bridgehead atoms. The topological polar surface area (TPSA) is 89.3 Å². The molecule has 1 aromatic rings. The van der Waals surface area contributed by atoms with Gasteiger partial charge >= 0.3 is 0 Å². The van der Waals surface area contributed by atoms with Crippen LogP contribution in [0, 0.1) is 0 Å². The molecule has 0 aliphatic carbocycles. The monoisotopic (exact) mass is 304 g/mol. The molecule has 1 rings (SSSR count). The highest BCUT2D eigenvalue weighted by molar-refractivity contribution is 7.89. The van der Waals surface area contributed by atoms with Crippen LogP contribution in [0.15, 0.2) is 29.2 Å². The van der Waals surface area contributed by atoms with Gasteiger partial charge in [-0.25, -0.2) is 13.1 Å². The van der Waals surface area contributed by atoms with Crippen LogP contribution in [-0.2, 0) is 20.8 Å². The molecule has 2 unspecified atom stereocenters. The summed E-state index contributed by atoms with van der Waals surface area (Å²) in [5.41, 5.74) is 6.51. The molecule has 7 heteroatoms. The summed E-state index contributed by atoms with van der Waals surface area (Å²) in [6.45, 7) is 2.08. The van der Waals surface area contributed by atoms with Gasteiger partial charge in [0.25, 0.3) is 0 Å². The zero-order valence-electron chi connectivity index (χ0n) is 11.1. The van der Waals surface area contributed by atoms with Gasteiger partial charge in [0.2, 0.25) is 10.0 Å². The highest BCUT2D eigenvalue weighted by atomic mass is 32.2. The van der Waals surface area contributed by atoms with Crippen LogP contribution in [0.25, 0.3) is 0 Å². The Morgan fingerprint density at radius 3 is 2.68 bits per heavy atom. The standard InChI is InChI=1S/C12H20N2O3S2/c1-10(13)11-5-3-6-12(9-11)19(16,17)14-7-4-8-18(2)15/h3,5-6,9-10,14H,4,7-8,13H2,1-2H3. The van der Waals surface area contributed by atoms with Crippen LogP contribution in [0.3, 0.4) is 0 Å². The second-order valence-corrected chi connectivity index (χ2v) is 7.71. The fourth-order valence-corrected chi connectivity index (χ4v) is 3.21. The summed E-state index contributed by atoms with van der Waals surface area (Å²) in [5.74, 6) is 0.488. The number of sulfonamides is 1. The van der Waals surface area contributed by atoms with Crippen molar-refractivity contribution >= 4 is 20.8 Å². The average molecular weight is 304 g/mol. The van der Waals surface area contributed by atoms with Crippen LogP contribution in [0.5, 0.6) is 0 Å². The normalized spacial score (nSPS) is 15.1. The van der Waals surface area contributed by atoms with Crippen LogP contribution in [-0.4, -0.2) is 31.2 Å². The van der Waals surface area contributed by atoms with Crippen molar-refractivity contribution in [2.75, 3.05) is 18.6 Å². The van der Waals surface area contributed by atoms with E-state index in [9.17, 15) is 12.6 Å². The molecule has 3 N–H and O–H groups in total. The molecule has 0 saturated carbocycles. The SMILES string of the molecule is CC(N)c1cccc(S(=O)(=O)NCCCS(C)=O)c1. The molecule has 0 amide bonds. The first-order valence-electron chi connectivity index (χ1n) is 5.98. The highest BCUT2D eigenvalue weighted by Gasteiger charge is 2.14. The van der Waals surface area contributed by atoms with E-state index in [1.165, 1.54) is 6.07 Å². The molecule has 108 valence electrons.